The van der Waals surface area contributed by atoms with Crippen LogP contribution in [0.4, 0.5) is 4.39 Å². The van der Waals surface area contributed by atoms with E-state index in [4.69, 9.17) is 0 Å². The van der Waals surface area contributed by atoms with Crippen molar-refractivity contribution < 1.29 is 14.6 Å². The van der Waals surface area contributed by atoms with Gasteiger partial charge in [0, 0.05) is 5.92 Å². The molecule has 0 fully saturated rings. The van der Waals surface area contributed by atoms with Gasteiger partial charge in [-0.2, -0.15) is 0 Å². The minimum absolute atomic E-state index is 0.264. The molecule has 0 saturated carbocycles. The van der Waals surface area contributed by atoms with E-state index in [1.54, 1.807) is 6.07 Å². The third-order valence-corrected chi connectivity index (χ3v) is 4.72. The molecule has 3 aromatic carbocycles. The summed E-state index contributed by atoms with van der Waals surface area (Å²) in [5, 5.41) is 21.4. The maximum absolute atomic E-state index is 14.0. The highest BCUT2D eigenvalue weighted by Crippen LogP contribution is 2.44. The molecule has 2 unspecified atom stereocenters. The SMILES string of the molecule is CCC(c1ccccc1)C(O)(c1ccccc1)c1ccc(O)c(F)c1. The number of aliphatic hydroxyl groups is 1. The number of phenolic OH excluding ortho intramolecular Hbond substituents is 1. The first kappa shape index (κ1) is 17.2. The second kappa shape index (κ2) is 7.08. The van der Waals surface area contributed by atoms with E-state index in [9.17, 15) is 14.6 Å². The molecule has 128 valence electrons. The van der Waals surface area contributed by atoms with E-state index in [1.807, 2.05) is 67.6 Å². The lowest BCUT2D eigenvalue weighted by Crippen LogP contribution is -2.35. The molecule has 2 N–H and O–H groups in total. The normalized spacial score (nSPS) is 14.7. The fourth-order valence-corrected chi connectivity index (χ4v) is 3.46. The molecule has 25 heavy (non-hydrogen) atoms. The van der Waals surface area contributed by atoms with E-state index < -0.39 is 17.2 Å². The average molecular weight is 336 g/mol. The van der Waals surface area contributed by atoms with Crippen LogP contribution in [-0.4, -0.2) is 10.2 Å². The van der Waals surface area contributed by atoms with Crippen molar-refractivity contribution in [3.05, 3.63) is 101 Å². The van der Waals surface area contributed by atoms with Crippen molar-refractivity contribution in [2.24, 2.45) is 0 Å². The predicted molar refractivity (Wildman–Crippen MR) is 97.0 cm³/mol. The molecule has 0 heterocycles. The summed E-state index contributed by atoms with van der Waals surface area (Å²) in [6.45, 7) is 2.00. The summed E-state index contributed by atoms with van der Waals surface area (Å²) in [7, 11) is 0. The highest BCUT2D eigenvalue weighted by molar-refractivity contribution is 5.43. The fraction of sp³-hybridized carbons (Fsp3) is 0.182. The van der Waals surface area contributed by atoms with Crippen LogP contribution in [0.2, 0.25) is 0 Å². The highest BCUT2D eigenvalue weighted by Gasteiger charge is 2.40. The van der Waals surface area contributed by atoms with Gasteiger partial charge in [0.15, 0.2) is 11.6 Å². The van der Waals surface area contributed by atoms with Crippen LogP contribution in [0.3, 0.4) is 0 Å². The Bertz CT molecular complexity index is 833. The van der Waals surface area contributed by atoms with Crippen LogP contribution in [0.15, 0.2) is 78.9 Å². The topological polar surface area (TPSA) is 40.5 Å². The number of hydrogen-bond acceptors (Lipinski definition) is 2. The second-order valence-corrected chi connectivity index (χ2v) is 6.17. The van der Waals surface area contributed by atoms with E-state index in [0.717, 1.165) is 5.56 Å². The fourth-order valence-electron chi connectivity index (χ4n) is 3.46. The van der Waals surface area contributed by atoms with Gasteiger partial charge in [-0.1, -0.05) is 73.7 Å². The van der Waals surface area contributed by atoms with Crippen LogP contribution in [0.25, 0.3) is 0 Å². The maximum atomic E-state index is 14.0. The Morgan fingerprint density at radius 3 is 2.04 bits per heavy atom. The first-order chi connectivity index (χ1) is 12.1. The average Bonchev–Trinajstić information content (AvgIpc) is 2.66. The lowest BCUT2D eigenvalue weighted by molar-refractivity contribution is 0.0473. The van der Waals surface area contributed by atoms with Crippen molar-refractivity contribution in [1.29, 1.82) is 0 Å². The van der Waals surface area contributed by atoms with Crippen molar-refractivity contribution in [1.82, 2.24) is 0 Å². The Labute approximate surface area is 147 Å². The van der Waals surface area contributed by atoms with Crippen LogP contribution in [0.1, 0.15) is 36.0 Å². The van der Waals surface area contributed by atoms with Crippen LogP contribution in [0.5, 0.6) is 5.75 Å². The lowest BCUT2D eigenvalue weighted by atomic mass is 9.72. The van der Waals surface area contributed by atoms with Crippen LogP contribution in [-0.2, 0) is 5.60 Å². The molecule has 3 aromatic rings. The summed E-state index contributed by atoms with van der Waals surface area (Å²) in [4.78, 5) is 0. The number of benzene rings is 3. The Balaban J connectivity index is 2.23. The zero-order valence-electron chi connectivity index (χ0n) is 14.1. The zero-order chi connectivity index (χ0) is 17.9. The van der Waals surface area contributed by atoms with E-state index in [-0.39, 0.29) is 5.92 Å². The quantitative estimate of drug-likeness (QED) is 0.691. The molecule has 0 aliphatic heterocycles. The molecule has 2 nitrogen and oxygen atoms in total. The van der Waals surface area contributed by atoms with Gasteiger partial charge in [0.25, 0.3) is 0 Å². The lowest BCUT2D eigenvalue weighted by Gasteiger charge is -2.37. The minimum atomic E-state index is -1.41. The Morgan fingerprint density at radius 1 is 0.880 bits per heavy atom. The number of rotatable bonds is 5. The van der Waals surface area contributed by atoms with E-state index in [2.05, 4.69) is 0 Å². The largest absolute Gasteiger partial charge is 0.505 e. The van der Waals surface area contributed by atoms with Gasteiger partial charge in [0.1, 0.15) is 5.60 Å². The van der Waals surface area contributed by atoms with Crippen LogP contribution < -0.4 is 0 Å². The van der Waals surface area contributed by atoms with Crippen molar-refractivity contribution >= 4 is 0 Å². The van der Waals surface area contributed by atoms with E-state index in [0.29, 0.717) is 17.5 Å². The molecule has 0 aliphatic carbocycles. The van der Waals surface area contributed by atoms with Crippen molar-refractivity contribution in [2.75, 3.05) is 0 Å². The monoisotopic (exact) mass is 336 g/mol. The summed E-state index contributed by atoms with van der Waals surface area (Å²) in [6, 6.07) is 23.1. The molecule has 0 aromatic heterocycles. The molecule has 3 heteroatoms. The van der Waals surface area contributed by atoms with Gasteiger partial charge in [-0.15, -0.1) is 0 Å². The molecule has 0 radical (unpaired) electrons. The van der Waals surface area contributed by atoms with Gasteiger partial charge in [-0.05, 0) is 35.2 Å². The summed E-state index contributed by atoms with van der Waals surface area (Å²) >= 11 is 0. The molecule has 0 aliphatic rings. The predicted octanol–water partition coefficient (Wildman–Crippen LogP) is 4.96. The third kappa shape index (κ3) is 3.15. The first-order valence-electron chi connectivity index (χ1n) is 8.39. The van der Waals surface area contributed by atoms with Gasteiger partial charge in [-0.25, -0.2) is 4.39 Å². The molecule has 0 bridgehead atoms. The Kier molecular flexibility index (Phi) is 4.86. The first-order valence-corrected chi connectivity index (χ1v) is 8.39. The van der Waals surface area contributed by atoms with E-state index in [1.165, 1.54) is 12.1 Å². The number of hydrogen-bond donors (Lipinski definition) is 2. The molecule has 2 atom stereocenters. The third-order valence-electron chi connectivity index (χ3n) is 4.72. The van der Waals surface area contributed by atoms with Gasteiger partial charge in [0.05, 0.1) is 0 Å². The minimum Gasteiger partial charge on any atom is -0.505 e. The summed E-state index contributed by atoms with van der Waals surface area (Å²) in [6.07, 6.45) is 0.665. The summed E-state index contributed by atoms with van der Waals surface area (Å²) in [5.41, 5.74) is 0.677. The van der Waals surface area contributed by atoms with Crippen molar-refractivity contribution in [3.63, 3.8) is 0 Å². The zero-order valence-corrected chi connectivity index (χ0v) is 14.1. The van der Waals surface area contributed by atoms with Crippen molar-refractivity contribution in [2.45, 2.75) is 24.9 Å². The number of aromatic hydroxyl groups is 1. The van der Waals surface area contributed by atoms with E-state index >= 15 is 0 Å². The van der Waals surface area contributed by atoms with Crippen molar-refractivity contribution in [3.8, 4) is 5.75 Å². The molecular formula is C22H21FO2. The molecule has 0 amide bonds. The molecule has 0 saturated heterocycles. The smallest absolute Gasteiger partial charge is 0.165 e. The highest BCUT2D eigenvalue weighted by atomic mass is 19.1. The molecule has 0 spiro atoms. The second-order valence-electron chi connectivity index (χ2n) is 6.17. The molecular weight excluding hydrogens is 315 g/mol. The number of phenols is 1. The van der Waals surface area contributed by atoms with Gasteiger partial charge >= 0.3 is 0 Å². The van der Waals surface area contributed by atoms with Gasteiger partial charge < -0.3 is 10.2 Å². The molecule has 3 rings (SSSR count). The summed E-state index contributed by atoms with van der Waals surface area (Å²) in [5.74, 6) is -1.43. The van der Waals surface area contributed by atoms with Gasteiger partial charge in [-0.3, -0.25) is 0 Å². The Hall–Kier alpha value is -2.65. The van der Waals surface area contributed by atoms with Crippen LogP contribution >= 0.6 is 0 Å². The van der Waals surface area contributed by atoms with Crippen LogP contribution in [0, 0.1) is 5.82 Å². The maximum Gasteiger partial charge on any atom is 0.165 e. The number of halogens is 1. The van der Waals surface area contributed by atoms with Gasteiger partial charge in [0.2, 0.25) is 0 Å². The standard InChI is InChI=1S/C22H21FO2/c1-2-19(16-9-5-3-6-10-16)22(25,17-11-7-4-8-12-17)18-13-14-21(24)20(23)15-18/h3-15,19,24-25H,2H2,1H3. The summed E-state index contributed by atoms with van der Waals surface area (Å²) < 4.78 is 14.0. The Morgan fingerprint density at radius 2 is 1.48 bits per heavy atom.